The summed E-state index contributed by atoms with van der Waals surface area (Å²) in [6.07, 6.45) is 1.91. The van der Waals surface area contributed by atoms with E-state index < -0.39 is 28.1 Å². The molecule has 0 aromatic heterocycles. The number of hydrogen-bond donors (Lipinski definition) is 4. The lowest BCUT2D eigenvalue weighted by Crippen LogP contribution is -2.43. The van der Waals surface area contributed by atoms with Crippen molar-refractivity contribution in [1.29, 1.82) is 0 Å². The summed E-state index contributed by atoms with van der Waals surface area (Å²) in [6.45, 7) is 2.33. The van der Waals surface area contributed by atoms with E-state index in [1.54, 1.807) is 6.92 Å². The maximum absolute atomic E-state index is 11.4. The van der Waals surface area contributed by atoms with Crippen LogP contribution in [0.15, 0.2) is 0 Å². The van der Waals surface area contributed by atoms with E-state index in [2.05, 4.69) is 15.4 Å². The predicted molar refractivity (Wildman–Crippen MR) is 70.3 cm³/mol. The Bertz CT molecular complexity index is 396. The van der Waals surface area contributed by atoms with E-state index in [0.29, 0.717) is 19.4 Å². The van der Waals surface area contributed by atoms with Crippen LogP contribution in [0.3, 0.4) is 0 Å². The van der Waals surface area contributed by atoms with Gasteiger partial charge in [-0.3, -0.25) is 4.79 Å². The van der Waals surface area contributed by atoms with Crippen LogP contribution in [0, 0.1) is 0 Å². The SMILES string of the molecule is CCC(CC(=O)O)NC(=O)NCCCNS(C)(=O)=O. The summed E-state index contributed by atoms with van der Waals surface area (Å²) in [7, 11) is -3.20. The molecule has 9 heteroatoms. The minimum Gasteiger partial charge on any atom is -0.481 e. The van der Waals surface area contributed by atoms with Gasteiger partial charge in [-0.1, -0.05) is 6.92 Å². The monoisotopic (exact) mass is 295 g/mol. The third-order valence-electron chi connectivity index (χ3n) is 2.25. The molecule has 0 aromatic rings. The Morgan fingerprint density at radius 1 is 1.26 bits per heavy atom. The smallest absolute Gasteiger partial charge is 0.315 e. The summed E-state index contributed by atoms with van der Waals surface area (Å²) in [4.78, 5) is 21.9. The molecular weight excluding hydrogens is 274 g/mol. The van der Waals surface area contributed by atoms with Crippen molar-refractivity contribution in [1.82, 2.24) is 15.4 Å². The van der Waals surface area contributed by atoms with Gasteiger partial charge in [0.05, 0.1) is 12.7 Å². The van der Waals surface area contributed by atoms with Gasteiger partial charge in [0, 0.05) is 19.1 Å². The van der Waals surface area contributed by atoms with Crippen molar-refractivity contribution < 1.29 is 23.1 Å². The Balaban J connectivity index is 3.77. The lowest BCUT2D eigenvalue weighted by molar-refractivity contribution is -0.137. The predicted octanol–water partition coefficient (Wildman–Crippen LogP) is -0.522. The first kappa shape index (κ1) is 17.6. The Morgan fingerprint density at radius 3 is 2.37 bits per heavy atom. The van der Waals surface area contributed by atoms with Crippen LogP contribution in [0.2, 0.25) is 0 Å². The molecule has 1 unspecified atom stereocenters. The highest BCUT2D eigenvalue weighted by Crippen LogP contribution is 1.96. The third-order valence-corrected chi connectivity index (χ3v) is 2.98. The number of sulfonamides is 1. The van der Waals surface area contributed by atoms with Gasteiger partial charge >= 0.3 is 12.0 Å². The van der Waals surface area contributed by atoms with Gasteiger partial charge < -0.3 is 15.7 Å². The number of amides is 2. The lowest BCUT2D eigenvalue weighted by atomic mass is 10.1. The highest BCUT2D eigenvalue weighted by molar-refractivity contribution is 7.88. The fourth-order valence-electron chi connectivity index (χ4n) is 1.29. The van der Waals surface area contributed by atoms with Crippen molar-refractivity contribution in [2.24, 2.45) is 0 Å². The highest BCUT2D eigenvalue weighted by atomic mass is 32.2. The average molecular weight is 295 g/mol. The van der Waals surface area contributed by atoms with E-state index in [-0.39, 0.29) is 13.0 Å². The molecule has 1 atom stereocenters. The van der Waals surface area contributed by atoms with Gasteiger partial charge in [-0.15, -0.1) is 0 Å². The van der Waals surface area contributed by atoms with Crippen LogP contribution in [0.4, 0.5) is 4.79 Å². The molecule has 0 spiro atoms. The molecule has 0 aliphatic heterocycles. The van der Waals surface area contributed by atoms with Gasteiger partial charge in [-0.05, 0) is 12.8 Å². The van der Waals surface area contributed by atoms with Crippen LogP contribution in [0.1, 0.15) is 26.2 Å². The van der Waals surface area contributed by atoms with Crippen LogP contribution >= 0.6 is 0 Å². The minimum absolute atomic E-state index is 0.125. The molecule has 0 rings (SSSR count). The van der Waals surface area contributed by atoms with Crippen molar-refractivity contribution in [3.05, 3.63) is 0 Å². The summed E-state index contributed by atoms with van der Waals surface area (Å²) in [5.74, 6) is -0.968. The summed E-state index contributed by atoms with van der Waals surface area (Å²) < 4.78 is 23.8. The summed E-state index contributed by atoms with van der Waals surface area (Å²) in [5, 5.41) is 13.7. The Morgan fingerprint density at radius 2 is 1.89 bits per heavy atom. The zero-order valence-electron chi connectivity index (χ0n) is 11.1. The number of nitrogens with one attached hydrogen (secondary N) is 3. The zero-order valence-corrected chi connectivity index (χ0v) is 11.9. The van der Waals surface area contributed by atoms with E-state index in [9.17, 15) is 18.0 Å². The molecule has 0 aliphatic rings. The number of carbonyl (C=O) groups is 2. The second-order valence-electron chi connectivity index (χ2n) is 4.12. The van der Waals surface area contributed by atoms with Crippen molar-refractivity contribution in [3.8, 4) is 0 Å². The van der Waals surface area contributed by atoms with Gasteiger partial charge in [-0.2, -0.15) is 0 Å². The fraction of sp³-hybridized carbons (Fsp3) is 0.800. The molecule has 8 nitrogen and oxygen atoms in total. The van der Waals surface area contributed by atoms with E-state index in [1.807, 2.05) is 0 Å². The van der Waals surface area contributed by atoms with Crippen molar-refractivity contribution in [3.63, 3.8) is 0 Å². The topological polar surface area (TPSA) is 125 Å². The first-order valence-corrected chi connectivity index (χ1v) is 7.84. The van der Waals surface area contributed by atoms with Crippen LogP contribution < -0.4 is 15.4 Å². The Labute approximate surface area is 113 Å². The molecule has 0 saturated carbocycles. The first-order valence-electron chi connectivity index (χ1n) is 5.95. The normalized spacial score (nSPS) is 12.7. The zero-order chi connectivity index (χ0) is 14.9. The number of carboxylic acids is 1. The second-order valence-corrected chi connectivity index (χ2v) is 5.96. The molecule has 4 N–H and O–H groups in total. The van der Waals surface area contributed by atoms with E-state index in [4.69, 9.17) is 5.11 Å². The fourth-order valence-corrected chi connectivity index (χ4v) is 1.81. The molecule has 0 heterocycles. The van der Waals surface area contributed by atoms with Gasteiger partial charge in [-0.25, -0.2) is 17.9 Å². The molecule has 0 fully saturated rings. The number of urea groups is 1. The van der Waals surface area contributed by atoms with E-state index in [0.717, 1.165) is 6.26 Å². The van der Waals surface area contributed by atoms with Crippen LogP contribution in [0.5, 0.6) is 0 Å². The molecule has 112 valence electrons. The summed E-state index contributed by atoms with van der Waals surface area (Å²) >= 11 is 0. The van der Waals surface area contributed by atoms with Crippen LogP contribution in [0.25, 0.3) is 0 Å². The minimum atomic E-state index is -3.20. The van der Waals surface area contributed by atoms with Crippen molar-refractivity contribution in [2.75, 3.05) is 19.3 Å². The number of carbonyl (C=O) groups excluding carboxylic acids is 1. The average Bonchev–Trinajstić information content (AvgIpc) is 2.25. The van der Waals surface area contributed by atoms with E-state index >= 15 is 0 Å². The molecule has 2 amide bonds. The highest BCUT2D eigenvalue weighted by Gasteiger charge is 2.13. The maximum Gasteiger partial charge on any atom is 0.315 e. The van der Waals surface area contributed by atoms with Gasteiger partial charge in [0.2, 0.25) is 10.0 Å². The lowest BCUT2D eigenvalue weighted by Gasteiger charge is -2.15. The molecular formula is C10H21N3O5S. The third kappa shape index (κ3) is 11.5. The largest absolute Gasteiger partial charge is 0.481 e. The molecule has 0 radical (unpaired) electrons. The number of hydrogen-bond acceptors (Lipinski definition) is 4. The number of carboxylic acid groups (broad SMARTS) is 1. The number of aliphatic carboxylic acids is 1. The molecule has 0 saturated heterocycles. The van der Waals surface area contributed by atoms with Crippen molar-refractivity contribution in [2.45, 2.75) is 32.2 Å². The van der Waals surface area contributed by atoms with E-state index in [1.165, 1.54) is 0 Å². The first-order chi connectivity index (χ1) is 8.74. The summed E-state index contributed by atoms with van der Waals surface area (Å²) in [5.41, 5.74) is 0. The maximum atomic E-state index is 11.4. The Hall–Kier alpha value is -1.35. The molecule has 0 aromatic carbocycles. The molecule has 0 bridgehead atoms. The summed E-state index contributed by atoms with van der Waals surface area (Å²) in [6, 6.07) is -0.862. The van der Waals surface area contributed by atoms with Gasteiger partial charge in [0.15, 0.2) is 0 Å². The van der Waals surface area contributed by atoms with Crippen molar-refractivity contribution >= 4 is 22.0 Å². The molecule has 19 heavy (non-hydrogen) atoms. The molecule has 0 aliphatic carbocycles. The van der Waals surface area contributed by atoms with Gasteiger partial charge in [0.25, 0.3) is 0 Å². The standard InChI is InChI=1S/C10H21N3O5S/c1-3-8(7-9(14)15)13-10(16)11-5-4-6-12-19(2,17)18/h8,12H,3-7H2,1-2H3,(H,14,15)(H2,11,13,16). The second kappa shape index (κ2) is 8.70. The van der Waals surface area contributed by atoms with Gasteiger partial charge in [0.1, 0.15) is 0 Å². The quantitative estimate of drug-likeness (QED) is 0.426. The van der Waals surface area contributed by atoms with Crippen LogP contribution in [-0.2, 0) is 14.8 Å². The van der Waals surface area contributed by atoms with Crippen LogP contribution in [-0.4, -0.2) is 50.9 Å². The number of rotatable bonds is 9. The Kier molecular flexibility index (Phi) is 8.08.